The summed E-state index contributed by atoms with van der Waals surface area (Å²) in [6, 6.07) is 1.54. The van der Waals surface area contributed by atoms with Gasteiger partial charge in [-0.15, -0.1) is 0 Å². The van der Waals surface area contributed by atoms with E-state index in [9.17, 15) is 9.90 Å². The van der Waals surface area contributed by atoms with Gasteiger partial charge in [0.05, 0.1) is 17.9 Å². The maximum absolute atomic E-state index is 11.7. The predicted molar refractivity (Wildman–Crippen MR) is 50.2 cm³/mol. The highest BCUT2D eigenvalue weighted by molar-refractivity contribution is 6.32. The van der Waals surface area contributed by atoms with Crippen molar-refractivity contribution in [2.75, 3.05) is 13.1 Å². The Bertz CT molecular complexity index is 350. The van der Waals surface area contributed by atoms with Crippen molar-refractivity contribution in [3.8, 4) is 0 Å². The molecule has 1 atom stereocenters. The van der Waals surface area contributed by atoms with Crippen LogP contribution < -0.4 is 0 Å². The second kappa shape index (κ2) is 3.63. The molecule has 0 saturated carbocycles. The molecule has 0 aromatic carbocycles. The first-order valence-corrected chi connectivity index (χ1v) is 4.76. The Morgan fingerprint density at radius 3 is 3.00 bits per heavy atom. The minimum absolute atomic E-state index is 0.108. The summed E-state index contributed by atoms with van der Waals surface area (Å²) in [6.45, 7) is 0.946. The van der Waals surface area contributed by atoms with E-state index in [2.05, 4.69) is 0 Å². The van der Waals surface area contributed by atoms with Crippen LogP contribution in [0.25, 0.3) is 0 Å². The van der Waals surface area contributed by atoms with Crippen molar-refractivity contribution < 1.29 is 14.3 Å². The third-order valence-corrected chi connectivity index (χ3v) is 2.59. The smallest absolute Gasteiger partial charge is 0.258 e. The van der Waals surface area contributed by atoms with Crippen LogP contribution in [-0.2, 0) is 0 Å². The highest BCUT2D eigenvalue weighted by Gasteiger charge is 2.27. The lowest BCUT2D eigenvalue weighted by Gasteiger charge is -2.13. The molecule has 0 aliphatic carbocycles. The van der Waals surface area contributed by atoms with E-state index in [1.165, 1.54) is 12.3 Å². The van der Waals surface area contributed by atoms with E-state index in [-0.39, 0.29) is 11.1 Å². The molecule has 0 radical (unpaired) electrons. The molecule has 1 saturated heterocycles. The number of carbonyl (C=O) groups excluding carboxylic acids is 1. The topological polar surface area (TPSA) is 53.7 Å². The van der Waals surface area contributed by atoms with E-state index >= 15 is 0 Å². The molecule has 14 heavy (non-hydrogen) atoms. The van der Waals surface area contributed by atoms with Gasteiger partial charge in [-0.05, 0) is 24.1 Å². The standard InChI is InChI=1S/C9H10ClNO3/c10-8-7(2-4-14-8)9(13)11-3-1-6(12)5-11/h2,4,6,12H,1,3,5H2/t6-/m0/s1. The number of furan rings is 1. The molecule has 5 heteroatoms. The molecule has 1 aromatic rings. The molecule has 1 aliphatic heterocycles. The number of aliphatic hydroxyl groups excluding tert-OH is 1. The summed E-state index contributed by atoms with van der Waals surface area (Å²) in [4.78, 5) is 13.3. The van der Waals surface area contributed by atoms with Crippen molar-refractivity contribution in [2.24, 2.45) is 0 Å². The molecular weight excluding hydrogens is 206 g/mol. The first-order chi connectivity index (χ1) is 6.68. The number of β-amino-alcohol motifs (C(OH)–C–C–N with tert-alkyl or cyclic N) is 1. The lowest BCUT2D eigenvalue weighted by atomic mass is 10.3. The number of halogens is 1. The average molecular weight is 216 g/mol. The normalized spacial score (nSPS) is 21.6. The van der Waals surface area contributed by atoms with Crippen LogP contribution in [0.5, 0.6) is 0 Å². The first kappa shape index (κ1) is 9.55. The largest absolute Gasteiger partial charge is 0.452 e. The van der Waals surface area contributed by atoms with Gasteiger partial charge in [0, 0.05) is 13.1 Å². The summed E-state index contributed by atoms with van der Waals surface area (Å²) in [7, 11) is 0. The molecule has 1 amide bonds. The number of likely N-dealkylation sites (tertiary alicyclic amines) is 1. The van der Waals surface area contributed by atoms with Gasteiger partial charge >= 0.3 is 0 Å². The SMILES string of the molecule is O=C(c1ccoc1Cl)N1CC[C@H](O)C1. The van der Waals surface area contributed by atoms with Crippen molar-refractivity contribution >= 4 is 17.5 Å². The molecule has 1 aliphatic rings. The molecule has 2 rings (SSSR count). The number of aliphatic hydroxyl groups is 1. The Kier molecular flexibility index (Phi) is 2.48. The molecule has 4 nitrogen and oxygen atoms in total. The summed E-state index contributed by atoms with van der Waals surface area (Å²) in [5.41, 5.74) is 0.362. The molecule has 2 heterocycles. The zero-order chi connectivity index (χ0) is 10.1. The van der Waals surface area contributed by atoms with E-state index in [1.54, 1.807) is 4.90 Å². The monoisotopic (exact) mass is 215 g/mol. The maximum atomic E-state index is 11.7. The van der Waals surface area contributed by atoms with Gasteiger partial charge in [0.25, 0.3) is 5.91 Å². The third-order valence-electron chi connectivity index (χ3n) is 2.30. The van der Waals surface area contributed by atoms with Crippen LogP contribution in [-0.4, -0.2) is 35.1 Å². The van der Waals surface area contributed by atoms with Gasteiger partial charge in [0.15, 0.2) is 0 Å². The molecule has 1 aromatic heterocycles. The van der Waals surface area contributed by atoms with E-state index in [0.717, 1.165) is 0 Å². The lowest BCUT2D eigenvalue weighted by Crippen LogP contribution is -2.29. The number of hydrogen-bond donors (Lipinski definition) is 1. The highest BCUT2D eigenvalue weighted by atomic mass is 35.5. The Labute approximate surface area is 86.1 Å². The van der Waals surface area contributed by atoms with E-state index < -0.39 is 6.10 Å². The summed E-state index contributed by atoms with van der Waals surface area (Å²) in [6.07, 6.45) is 1.59. The number of nitrogens with zero attached hydrogens (tertiary/aromatic N) is 1. The molecule has 0 unspecified atom stereocenters. The van der Waals surface area contributed by atoms with Crippen LogP contribution in [0.1, 0.15) is 16.8 Å². The van der Waals surface area contributed by atoms with E-state index in [1.807, 2.05) is 0 Å². The van der Waals surface area contributed by atoms with Crippen molar-refractivity contribution in [1.29, 1.82) is 0 Å². The fraction of sp³-hybridized carbons (Fsp3) is 0.444. The second-order valence-corrected chi connectivity index (χ2v) is 3.64. The van der Waals surface area contributed by atoms with Crippen molar-refractivity contribution in [3.63, 3.8) is 0 Å². The van der Waals surface area contributed by atoms with Gasteiger partial charge in [-0.1, -0.05) is 0 Å². The zero-order valence-corrected chi connectivity index (χ0v) is 8.20. The first-order valence-electron chi connectivity index (χ1n) is 4.39. The average Bonchev–Trinajstić information content (AvgIpc) is 2.73. The van der Waals surface area contributed by atoms with Crippen molar-refractivity contribution in [1.82, 2.24) is 4.90 Å². The van der Waals surface area contributed by atoms with Crippen LogP contribution in [0.4, 0.5) is 0 Å². The summed E-state index contributed by atoms with van der Waals surface area (Å²) in [5, 5.41) is 9.37. The lowest BCUT2D eigenvalue weighted by molar-refractivity contribution is 0.0764. The van der Waals surface area contributed by atoms with Crippen molar-refractivity contribution in [2.45, 2.75) is 12.5 Å². The summed E-state index contributed by atoms with van der Waals surface area (Å²) in [5.74, 6) is -0.180. The number of hydrogen-bond acceptors (Lipinski definition) is 3. The van der Waals surface area contributed by atoms with Gasteiger partial charge in [-0.3, -0.25) is 4.79 Å². The van der Waals surface area contributed by atoms with Crippen LogP contribution in [0.15, 0.2) is 16.7 Å². The van der Waals surface area contributed by atoms with Gasteiger partial charge < -0.3 is 14.4 Å². The van der Waals surface area contributed by atoms with Gasteiger partial charge in [-0.25, -0.2) is 0 Å². The number of amides is 1. The van der Waals surface area contributed by atoms with Gasteiger partial charge in [-0.2, -0.15) is 0 Å². The summed E-state index contributed by atoms with van der Waals surface area (Å²) >= 11 is 5.67. The molecule has 0 spiro atoms. The van der Waals surface area contributed by atoms with Crippen LogP contribution in [0.2, 0.25) is 5.22 Å². The molecule has 1 N–H and O–H groups in total. The Balaban J connectivity index is 2.13. The van der Waals surface area contributed by atoms with Crippen LogP contribution in [0.3, 0.4) is 0 Å². The molecular formula is C9H10ClNO3. The third kappa shape index (κ3) is 1.63. The maximum Gasteiger partial charge on any atom is 0.258 e. The number of rotatable bonds is 1. The Morgan fingerprint density at radius 2 is 2.50 bits per heavy atom. The molecule has 76 valence electrons. The highest BCUT2D eigenvalue weighted by Crippen LogP contribution is 2.20. The van der Waals surface area contributed by atoms with Gasteiger partial charge in [0.2, 0.25) is 5.22 Å². The number of carbonyl (C=O) groups is 1. The predicted octanol–water partition coefficient (Wildman–Crippen LogP) is 1.14. The van der Waals surface area contributed by atoms with E-state index in [4.69, 9.17) is 16.0 Å². The fourth-order valence-corrected chi connectivity index (χ4v) is 1.74. The minimum Gasteiger partial charge on any atom is -0.452 e. The molecule has 0 bridgehead atoms. The van der Waals surface area contributed by atoms with Crippen LogP contribution in [0, 0.1) is 0 Å². The Hall–Kier alpha value is -1.00. The minimum atomic E-state index is -0.412. The van der Waals surface area contributed by atoms with Crippen LogP contribution >= 0.6 is 11.6 Å². The van der Waals surface area contributed by atoms with E-state index in [0.29, 0.717) is 25.1 Å². The fourth-order valence-electron chi connectivity index (χ4n) is 1.54. The zero-order valence-electron chi connectivity index (χ0n) is 7.44. The summed E-state index contributed by atoms with van der Waals surface area (Å²) < 4.78 is 4.83. The quantitative estimate of drug-likeness (QED) is 0.765. The Morgan fingerprint density at radius 1 is 1.71 bits per heavy atom. The molecule has 1 fully saturated rings. The second-order valence-electron chi connectivity index (χ2n) is 3.30. The van der Waals surface area contributed by atoms with Crippen molar-refractivity contribution in [3.05, 3.63) is 23.1 Å². The van der Waals surface area contributed by atoms with Gasteiger partial charge in [0.1, 0.15) is 0 Å².